The number of carbonyl (C=O) groups excluding carboxylic acids is 2. The van der Waals surface area contributed by atoms with E-state index in [9.17, 15) is 9.59 Å². The number of carbonyl (C=O) groups is 2. The average molecular weight is 236 g/mol. The highest BCUT2D eigenvalue weighted by Gasteiger charge is 2.37. The van der Waals surface area contributed by atoms with Gasteiger partial charge in [0.05, 0.1) is 6.54 Å². The van der Waals surface area contributed by atoms with E-state index in [0.29, 0.717) is 6.42 Å². The Kier molecular flexibility index (Phi) is 4.56. The highest BCUT2D eigenvalue weighted by Crippen LogP contribution is 2.16. The van der Waals surface area contributed by atoms with Gasteiger partial charge in [-0.3, -0.25) is 9.59 Å². The van der Waals surface area contributed by atoms with Gasteiger partial charge in [0.25, 0.3) is 0 Å². The fraction of sp³-hybridized carbons (Fsp3) is 0.692. The topological polar surface area (TPSA) is 49.4 Å². The van der Waals surface area contributed by atoms with Crippen LogP contribution in [0.1, 0.15) is 33.6 Å². The van der Waals surface area contributed by atoms with Crippen LogP contribution < -0.4 is 5.32 Å². The number of piperazine rings is 1. The molecule has 0 spiro atoms. The molecule has 1 N–H and O–H groups in total. The lowest BCUT2D eigenvalue weighted by Crippen LogP contribution is -2.62. The maximum atomic E-state index is 12.2. The number of nitrogens with zero attached hydrogens (tertiary/aromatic N) is 1. The molecule has 2 atom stereocenters. The molecule has 0 aliphatic carbocycles. The first-order chi connectivity index (χ1) is 8.01. The summed E-state index contributed by atoms with van der Waals surface area (Å²) in [6.45, 7) is 5.96. The van der Waals surface area contributed by atoms with Crippen LogP contribution in [-0.4, -0.2) is 35.3 Å². The molecule has 0 saturated carbocycles. The van der Waals surface area contributed by atoms with Gasteiger partial charge in [-0.15, -0.1) is 12.3 Å². The molecule has 2 amide bonds. The van der Waals surface area contributed by atoms with E-state index < -0.39 is 6.04 Å². The molecule has 0 aromatic carbocycles. The third-order valence-electron chi connectivity index (χ3n) is 3.11. The van der Waals surface area contributed by atoms with Gasteiger partial charge in [0, 0.05) is 12.5 Å². The largest absolute Gasteiger partial charge is 0.343 e. The van der Waals surface area contributed by atoms with E-state index in [-0.39, 0.29) is 30.3 Å². The summed E-state index contributed by atoms with van der Waals surface area (Å²) < 4.78 is 0. The van der Waals surface area contributed by atoms with Gasteiger partial charge in [0.2, 0.25) is 11.8 Å². The zero-order valence-corrected chi connectivity index (χ0v) is 10.7. The predicted octanol–water partition coefficient (Wildman–Crippen LogP) is 0.771. The molecule has 94 valence electrons. The lowest BCUT2D eigenvalue weighted by Gasteiger charge is -2.38. The number of hydrogen-bond acceptors (Lipinski definition) is 2. The zero-order valence-electron chi connectivity index (χ0n) is 10.7. The van der Waals surface area contributed by atoms with Crippen molar-refractivity contribution in [1.29, 1.82) is 0 Å². The van der Waals surface area contributed by atoms with Gasteiger partial charge < -0.3 is 10.2 Å². The molecule has 17 heavy (non-hydrogen) atoms. The Labute approximate surface area is 103 Å². The molecule has 2 unspecified atom stereocenters. The van der Waals surface area contributed by atoms with Crippen molar-refractivity contribution in [2.24, 2.45) is 5.92 Å². The van der Waals surface area contributed by atoms with Crippen molar-refractivity contribution in [2.75, 3.05) is 6.54 Å². The highest BCUT2D eigenvalue weighted by atomic mass is 16.2. The van der Waals surface area contributed by atoms with Gasteiger partial charge in [-0.25, -0.2) is 0 Å². The van der Waals surface area contributed by atoms with E-state index in [1.807, 2.05) is 20.8 Å². The van der Waals surface area contributed by atoms with Gasteiger partial charge in [-0.05, 0) is 12.3 Å². The maximum absolute atomic E-state index is 12.2. The monoisotopic (exact) mass is 236 g/mol. The highest BCUT2D eigenvalue weighted by molar-refractivity contribution is 5.95. The van der Waals surface area contributed by atoms with Gasteiger partial charge in [-0.1, -0.05) is 20.8 Å². The summed E-state index contributed by atoms with van der Waals surface area (Å²) in [5.74, 6) is 2.55. The molecule has 4 heteroatoms. The summed E-state index contributed by atoms with van der Waals surface area (Å²) in [6, 6.07) is -0.442. The Balaban J connectivity index is 2.87. The van der Waals surface area contributed by atoms with Gasteiger partial charge in [-0.2, -0.15) is 0 Å². The van der Waals surface area contributed by atoms with E-state index in [1.54, 1.807) is 4.90 Å². The summed E-state index contributed by atoms with van der Waals surface area (Å²) in [5.41, 5.74) is 0. The van der Waals surface area contributed by atoms with Crippen molar-refractivity contribution in [3.8, 4) is 12.3 Å². The summed E-state index contributed by atoms with van der Waals surface area (Å²) in [7, 11) is 0. The second-order valence-electron chi connectivity index (χ2n) is 4.73. The van der Waals surface area contributed by atoms with Gasteiger partial charge >= 0.3 is 0 Å². The minimum absolute atomic E-state index is 0.0123. The van der Waals surface area contributed by atoms with Crippen LogP contribution >= 0.6 is 0 Å². The van der Waals surface area contributed by atoms with Crippen LogP contribution in [0.5, 0.6) is 0 Å². The Hall–Kier alpha value is -1.50. The molecule has 1 aliphatic heterocycles. The van der Waals surface area contributed by atoms with E-state index in [2.05, 4.69) is 11.2 Å². The minimum atomic E-state index is -0.414. The number of terminal acetylenes is 1. The molecule has 0 bridgehead atoms. The minimum Gasteiger partial charge on any atom is -0.343 e. The summed E-state index contributed by atoms with van der Waals surface area (Å²) >= 11 is 0. The Morgan fingerprint density at radius 2 is 2.18 bits per heavy atom. The van der Waals surface area contributed by atoms with E-state index >= 15 is 0 Å². The predicted molar refractivity (Wildman–Crippen MR) is 66.0 cm³/mol. The number of nitrogens with one attached hydrogen (secondary N) is 1. The molecular weight excluding hydrogens is 216 g/mol. The fourth-order valence-electron chi connectivity index (χ4n) is 2.06. The first-order valence-electron chi connectivity index (χ1n) is 6.04. The smallest absolute Gasteiger partial charge is 0.246 e. The normalized spacial score (nSPS) is 22.3. The van der Waals surface area contributed by atoms with E-state index in [4.69, 9.17) is 6.42 Å². The third kappa shape index (κ3) is 3.00. The molecular formula is C13H20N2O2. The van der Waals surface area contributed by atoms with Crippen LogP contribution in [0, 0.1) is 18.3 Å². The second-order valence-corrected chi connectivity index (χ2v) is 4.73. The molecule has 0 aromatic rings. The summed E-state index contributed by atoms with van der Waals surface area (Å²) in [4.78, 5) is 25.5. The molecule has 1 rings (SSSR count). The molecule has 1 saturated heterocycles. The molecule has 4 nitrogen and oxygen atoms in total. The van der Waals surface area contributed by atoms with Crippen molar-refractivity contribution in [1.82, 2.24) is 10.2 Å². The maximum Gasteiger partial charge on any atom is 0.246 e. The Bertz CT molecular complexity index is 344. The van der Waals surface area contributed by atoms with Gasteiger partial charge in [0.1, 0.15) is 6.04 Å². The van der Waals surface area contributed by atoms with E-state index in [0.717, 1.165) is 6.42 Å². The molecule has 0 aromatic heterocycles. The van der Waals surface area contributed by atoms with Crippen LogP contribution in [0.2, 0.25) is 0 Å². The quantitative estimate of drug-likeness (QED) is 0.733. The van der Waals surface area contributed by atoms with Crippen LogP contribution in [0.3, 0.4) is 0 Å². The van der Waals surface area contributed by atoms with Gasteiger partial charge in [0.15, 0.2) is 0 Å². The first-order valence-corrected chi connectivity index (χ1v) is 6.04. The van der Waals surface area contributed by atoms with Crippen molar-refractivity contribution in [3.05, 3.63) is 0 Å². The zero-order chi connectivity index (χ0) is 13.0. The first kappa shape index (κ1) is 13.6. The SMILES string of the molecule is C#CCC(CC)N1CC(=O)NC(C(C)C)C1=O. The van der Waals surface area contributed by atoms with Crippen LogP contribution in [0.4, 0.5) is 0 Å². The third-order valence-corrected chi connectivity index (χ3v) is 3.11. The summed E-state index contributed by atoms with van der Waals surface area (Å²) in [6.07, 6.45) is 6.57. The van der Waals surface area contributed by atoms with Crippen molar-refractivity contribution >= 4 is 11.8 Å². The second kappa shape index (κ2) is 5.72. The molecule has 0 radical (unpaired) electrons. The van der Waals surface area contributed by atoms with Crippen LogP contribution in [0.15, 0.2) is 0 Å². The van der Waals surface area contributed by atoms with Crippen molar-refractivity contribution < 1.29 is 9.59 Å². The summed E-state index contributed by atoms with van der Waals surface area (Å²) in [5, 5.41) is 2.73. The van der Waals surface area contributed by atoms with Crippen molar-refractivity contribution in [2.45, 2.75) is 45.7 Å². The Morgan fingerprint density at radius 1 is 1.53 bits per heavy atom. The molecule has 1 fully saturated rings. The Morgan fingerprint density at radius 3 is 2.65 bits per heavy atom. The number of hydrogen-bond donors (Lipinski definition) is 1. The van der Waals surface area contributed by atoms with Crippen molar-refractivity contribution in [3.63, 3.8) is 0 Å². The number of rotatable bonds is 4. The van der Waals surface area contributed by atoms with E-state index in [1.165, 1.54) is 0 Å². The van der Waals surface area contributed by atoms with Crippen LogP contribution in [-0.2, 0) is 9.59 Å². The molecule has 1 heterocycles. The fourth-order valence-corrected chi connectivity index (χ4v) is 2.06. The standard InChI is InChI=1S/C13H20N2O2/c1-5-7-10(6-2)15-8-11(16)14-12(9(3)4)13(15)17/h1,9-10,12H,6-8H2,2-4H3,(H,14,16). The number of amides is 2. The molecule has 1 aliphatic rings. The van der Waals surface area contributed by atoms with Crippen LogP contribution in [0.25, 0.3) is 0 Å². The lowest BCUT2D eigenvalue weighted by molar-refractivity contribution is -0.147. The average Bonchev–Trinajstić information content (AvgIpc) is 2.28. The lowest BCUT2D eigenvalue weighted by atomic mass is 9.98.